The maximum absolute atomic E-state index is 13.0. The van der Waals surface area contributed by atoms with E-state index in [0.717, 1.165) is 0 Å². The van der Waals surface area contributed by atoms with Crippen molar-refractivity contribution in [3.05, 3.63) is 63.8 Å². The highest BCUT2D eigenvalue weighted by atomic mass is 35.5. The summed E-state index contributed by atoms with van der Waals surface area (Å²) in [7, 11) is 0. The third-order valence-corrected chi connectivity index (χ3v) is 3.99. The number of hydrogen-bond acceptors (Lipinski definition) is 5. The molecule has 0 aliphatic rings. The van der Waals surface area contributed by atoms with Crippen LogP contribution in [0.15, 0.2) is 57.7 Å². The van der Waals surface area contributed by atoms with Crippen molar-refractivity contribution >= 4 is 28.5 Å². The van der Waals surface area contributed by atoms with E-state index in [9.17, 15) is 9.59 Å². The smallest absolute Gasteiger partial charge is 0.344 e. The Balaban J connectivity index is 2.01. The van der Waals surface area contributed by atoms with Crippen molar-refractivity contribution in [1.29, 1.82) is 0 Å². The highest BCUT2D eigenvalue weighted by molar-refractivity contribution is 6.31. The first-order chi connectivity index (χ1) is 13.0. The van der Waals surface area contributed by atoms with Crippen LogP contribution >= 0.6 is 11.6 Å². The van der Waals surface area contributed by atoms with Crippen LogP contribution in [0.2, 0.25) is 5.02 Å². The van der Waals surface area contributed by atoms with Gasteiger partial charge >= 0.3 is 5.97 Å². The first-order valence-corrected chi connectivity index (χ1v) is 8.93. The Bertz CT molecular complexity index is 1010. The molecule has 0 N–H and O–H groups in total. The van der Waals surface area contributed by atoms with Gasteiger partial charge in [-0.3, -0.25) is 4.79 Å². The lowest BCUT2D eigenvalue weighted by Gasteiger charge is -2.12. The fraction of sp³-hybridized carbons (Fsp3) is 0.238. The Morgan fingerprint density at radius 3 is 2.59 bits per heavy atom. The van der Waals surface area contributed by atoms with E-state index in [1.165, 1.54) is 6.07 Å². The summed E-state index contributed by atoms with van der Waals surface area (Å²) in [5, 5.41) is 0.692. The standard InChI is InChI=1S/C21H19ClO5/c1-13(2)11-25-18(23)12-26-21-19(24)16-10-15(22)8-9-17(16)27-20(21)14-6-4-3-5-7-14/h3-10,13H,11-12H2,1-2H3. The molecule has 0 aliphatic heterocycles. The minimum absolute atomic E-state index is 0.0440. The van der Waals surface area contributed by atoms with Crippen molar-refractivity contribution in [2.45, 2.75) is 13.8 Å². The molecule has 0 bridgehead atoms. The molecule has 0 amide bonds. The number of carbonyl (C=O) groups is 1. The fourth-order valence-corrected chi connectivity index (χ4v) is 2.67. The highest BCUT2D eigenvalue weighted by Crippen LogP contribution is 2.31. The Labute approximate surface area is 161 Å². The molecule has 3 aromatic rings. The number of fused-ring (bicyclic) bond motifs is 1. The lowest BCUT2D eigenvalue weighted by Crippen LogP contribution is -2.20. The summed E-state index contributed by atoms with van der Waals surface area (Å²) in [6.07, 6.45) is 0. The van der Waals surface area contributed by atoms with Gasteiger partial charge in [-0.1, -0.05) is 55.8 Å². The van der Waals surface area contributed by atoms with E-state index in [-0.39, 0.29) is 36.0 Å². The Morgan fingerprint density at radius 1 is 1.15 bits per heavy atom. The second-order valence-corrected chi connectivity index (χ2v) is 6.90. The first-order valence-electron chi connectivity index (χ1n) is 8.56. The van der Waals surface area contributed by atoms with Crippen LogP contribution < -0.4 is 10.2 Å². The van der Waals surface area contributed by atoms with Gasteiger partial charge in [0.1, 0.15) is 5.58 Å². The van der Waals surface area contributed by atoms with E-state index >= 15 is 0 Å². The number of carbonyl (C=O) groups excluding carboxylic acids is 1. The van der Waals surface area contributed by atoms with Crippen molar-refractivity contribution < 1.29 is 18.7 Å². The number of hydrogen-bond donors (Lipinski definition) is 0. The highest BCUT2D eigenvalue weighted by Gasteiger charge is 2.19. The monoisotopic (exact) mass is 386 g/mol. The number of benzene rings is 2. The van der Waals surface area contributed by atoms with Gasteiger partial charge in [-0.25, -0.2) is 4.79 Å². The normalized spacial score (nSPS) is 11.0. The van der Waals surface area contributed by atoms with Crippen LogP contribution in [0.5, 0.6) is 5.75 Å². The molecular weight excluding hydrogens is 368 g/mol. The molecular formula is C21H19ClO5. The fourth-order valence-electron chi connectivity index (χ4n) is 2.49. The molecule has 3 rings (SSSR count). The average molecular weight is 387 g/mol. The van der Waals surface area contributed by atoms with Crippen molar-refractivity contribution in [2.75, 3.05) is 13.2 Å². The van der Waals surface area contributed by atoms with Crippen molar-refractivity contribution in [2.24, 2.45) is 5.92 Å². The molecule has 0 saturated heterocycles. The Kier molecular flexibility index (Phi) is 5.81. The summed E-state index contributed by atoms with van der Waals surface area (Å²) < 4.78 is 16.5. The van der Waals surface area contributed by atoms with Crippen LogP contribution in [-0.2, 0) is 9.53 Å². The molecule has 2 aromatic carbocycles. The molecule has 0 fully saturated rings. The van der Waals surface area contributed by atoms with Gasteiger partial charge in [0.25, 0.3) is 0 Å². The minimum atomic E-state index is -0.548. The van der Waals surface area contributed by atoms with E-state index in [4.69, 9.17) is 25.5 Å². The van der Waals surface area contributed by atoms with E-state index in [0.29, 0.717) is 16.2 Å². The van der Waals surface area contributed by atoms with E-state index < -0.39 is 11.4 Å². The average Bonchev–Trinajstić information content (AvgIpc) is 2.66. The molecule has 0 spiro atoms. The van der Waals surface area contributed by atoms with Gasteiger partial charge in [-0.2, -0.15) is 0 Å². The summed E-state index contributed by atoms with van der Waals surface area (Å²) in [5.41, 5.74) is 0.657. The largest absolute Gasteiger partial charge is 0.474 e. The molecule has 1 heterocycles. The molecule has 0 atom stereocenters. The van der Waals surface area contributed by atoms with Gasteiger partial charge in [0.05, 0.1) is 12.0 Å². The van der Waals surface area contributed by atoms with Crippen molar-refractivity contribution in [3.8, 4) is 17.1 Å². The summed E-state index contributed by atoms with van der Waals surface area (Å²) in [6.45, 7) is 3.77. The Hall–Kier alpha value is -2.79. The summed E-state index contributed by atoms with van der Waals surface area (Å²) in [6, 6.07) is 13.9. The third-order valence-electron chi connectivity index (χ3n) is 3.76. The van der Waals surface area contributed by atoms with Crippen molar-refractivity contribution in [3.63, 3.8) is 0 Å². The van der Waals surface area contributed by atoms with E-state index in [2.05, 4.69) is 0 Å². The number of rotatable bonds is 6. The zero-order valence-corrected chi connectivity index (χ0v) is 15.8. The van der Waals surface area contributed by atoms with E-state index in [1.807, 2.05) is 32.0 Å². The predicted molar refractivity (Wildman–Crippen MR) is 104 cm³/mol. The summed E-state index contributed by atoms with van der Waals surface area (Å²) in [5.74, 6) is -0.125. The lowest BCUT2D eigenvalue weighted by atomic mass is 10.1. The summed E-state index contributed by atoms with van der Waals surface area (Å²) in [4.78, 5) is 24.9. The summed E-state index contributed by atoms with van der Waals surface area (Å²) >= 11 is 6.00. The van der Waals surface area contributed by atoms with Crippen LogP contribution in [0.25, 0.3) is 22.3 Å². The topological polar surface area (TPSA) is 65.7 Å². The molecule has 140 valence electrons. The molecule has 0 aliphatic carbocycles. The molecule has 0 unspecified atom stereocenters. The first kappa shape index (κ1) is 19.0. The number of esters is 1. The molecule has 6 heteroatoms. The van der Waals surface area contributed by atoms with Crippen LogP contribution in [0.4, 0.5) is 0 Å². The number of halogens is 1. The van der Waals surface area contributed by atoms with Gasteiger partial charge in [0, 0.05) is 10.6 Å². The Morgan fingerprint density at radius 2 is 1.89 bits per heavy atom. The number of ether oxygens (including phenoxy) is 2. The molecule has 5 nitrogen and oxygen atoms in total. The van der Waals surface area contributed by atoms with Crippen molar-refractivity contribution in [1.82, 2.24) is 0 Å². The SMILES string of the molecule is CC(C)COC(=O)COc1c(-c2ccccc2)oc2ccc(Cl)cc2c1=O. The molecule has 0 radical (unpaired) electrons. The second kappa shape index (κ2) is 8.27. The second-order valence-electron chi connectivity index (χ2n) is 6.46. The van der Waals surface area contributed by atoms with Crippen LogP contribution in [0.3, 0.4) is 0 Å². The van der Waals surface area contributed by atoms with Crippen LogP contribution in [0, 0.1) is 5.92 Å². The van der Waals surface area contributed by atoms with Gasteiger partial charge in [-0.05, 0) is 24.1 Å². The van der Waals surface area contributed by atoms with Gasteiger partial charge in [-0.15, -0.1) is 0 Å². The predicted octanol–water partition coefficient (Wildman–Crippen LogP) is 4.69. The quantitative estimate of drug-likeness (QED) is 0.575. The molecule has 27 heavy (non-hydrogen) atoms. The minimum Gasteiger partial charge on any atom is -0.474 e. The van der Waals surface area contributed by atoms with Gasteiger partial charge < -0.3 is 13.9 Å². The van der Waals surface area contributed by atoms with Crippen LogP contribution in [0.1, 0.15) is 13.8 Å². The zero-order valence-electron chi connectivity index (χ0n) is 15.0. The third kappa shape index (κ3) is 4.49. The van der Waals surface area contributed by atoms with Gasteiger partial charge in [0.2, 0.25) is 11.2 Å². The van der Waals surface area contributed by atoms with E-state index in [1.54, 1.807) is 24.3 Å². The zero-order chi connectivity index (χ0) is 19.4. The maximum atomic E-state index is 13.0. The van der Waals surface area contributed by atoms with Gasteiger partial charge in [0.15, 0.2) is 12.4 Å². The molecule has 0 saturated carbocycles. The maximum Gasteiger partial charge on any atom is 0.344 e. The lowest BCUT2D eigenvalue weighted by molar-refractivity contribution is -0.147. The van der Waals surface area contributed by atoms with Crippen LogP contribution in [-0.4, -0.2) is 19.2 Å². The molecule has 1 aromatic heterocycles.